The number of halogens is 2. The number of aromatic nitrogens is 5. The van der Waals surface area contributed by atoms with E-state index in [2.05, 4.69) is 33.4 Å². The maximum Gasteiger partial charge on any atom is 0.309 e. The Morgan fingerprint density at radius 2 is 2.03 bits per heavy atom. The van der Waals surface area contributed by atoms with E-state index >= 15 is 0 Å². The van der Waals surface area contributed by atoms with Crippen LogP contribution in [0, 0.1) is 9.39 Å². The molecule has 0 unspecified atom stereocenters. The van der Waals surface area contributed by atoms with Gasteiger partial charge in [0.05, 0.1) is 45.3 Å². The Bertz CT molecular complexity index is 1230. The molecule has 0 amide bonds. The molecule has 0 radical (unpaired) electrons. The number of carboxylic acid groups (broad SMARTS) is 1. The summed E-state index contributed by atoms with van der Waals surface area (Å²) in [6.07, 6.45) is 4.95. The number of rotatable bonds is 6. The molecule has 0 aliphatic rings. The molecule has 0 fully saturated rings. The summed E-state index contributed by atoms with van der Waals surface area (Å²) in [5.74, 6) is -0.448. The normalized spacial score (nSPS) is 11.5. The Hall–Kier alpha value is -2.82. The number of carboxylic acids is 1. The first kappa shape index (κ1) is 20.5. The third kappa shape index (κ3) is 4.07. The first-order chi connectivity index (χ1) is 14.3. The Kier molecular flexibility index (Phi) is 5.54. The van der Waals surface area contributed by atoms with E-state index in [1.54, 1.807) is 23.3 Å². The van der Waals surface area contributed by atoms with Crippen molar-refractivity contribution in [2.45, 2.75) is 32.9 Å². The minimum absolute atomic E-state index is 0.107. The van der Waals surface area contributed by atoms with Gasteiger partial charge in [-0.2, -0.15) is 0 Å². The van der Waals surface area contributed by atoms with Gasteiger partial charge in [0.2, 0.25) is 0 Å². The van der Waals surface area contributed by atoms with Crippen molar-refractivity contribution in [3.8, 4) is 11.4 Å². The molecule has 0 spiro atoms. The molecule has 0 saturated carbocycles. The van der Waals surface area contributed by atoms with Crippen LogP contribution < -0.4 is 0 Å². The van der Waals surface area contributed by atoms with Crippen LogP contribution in [0.1, 0.15) is 31.3 Å². The van der Waals surface area contributed by atoms with E-state index in [4.69, 9.17) is 5.11 Å². The number of benzene rings is 1. The molecule has 3 aromatic heterocycles. The van der Waals surface area contributed by atoms with E-state index in [0.717, 1.165) is 22.6 Å². The van der Waals surface area contributed by atoms with Gasteiger partial charge in [-0.1, -0.05) is 0 Å². The van der Waals surface area contributed by atoms with Crippen molar-refractivity contribution < 1.29 is 14.3 Å². The van der Waals surface area contributed by atoms with Crippen molar-refractivity contribution in [1.82, 2.24) is 24.1 Å². The molecule has 0 bridgehead atoms. The van der Waals surface area contributed by atoms with Crippen LogP contribution in [-0.4, -0.2) is 35.2 Å². The third-order valence-corrected chi connectivity index (χ3v) is 5.52. The van der Waals surface area contributed by atoms with Gasteiger partial charge in [-0.15, -0.1) is 0 Å². The molecule has 9 heteroatoms. The number of fused-ring (bicyclic) bond motifs is 1. The van der Waals surface area contributed by atoms with E-state index < -0.39 is 5.97 Å². The molecule has 4 aromatic rings. The summed E-state index contributed by atoms with van der Waals surface area (Å²) in [6, 6.07) is 7.27. The highest BCUT2D eigenvalue weighted by atomic mass is 127. The lowest BCUT2D eigenvalue weighted by Gasteiger charge is -2.13. The smallest absolute Gasteiger partial charge is 0.309 e. The van der Waals surface area contributed by atoms with Crippen molar-refractivity contribution >= 4 is 39.6 Å². The maximum atomic E-state index is 14.0. The Morgan fingerprint density at radius 3 is 2.70 bits per heavy atom. The van der Waals surface area contributed by atoms with Gasteiger partial charge >= 0.3 is 5.97 Å². The van der Waals surface area contributed by atoms with Crippen LogP contribution in [0.4, 0.5) is 4.39 Å². The van der Waals surface area contributed by atoms with Crippen molar-refractivity contribution in [2.24, 2.45) is 0 Å². The third-order valence-electron chi connectivity index (χ3n) is 4.69. The van der Waals surface area contributed by atoms with Crippen LogP contribution >= 0.6 is 22.6 Å². The van der Waals surface area contributed by atoms with E-state index in [0.29, 0.717) is 21.3 Å². The number of imidazole rings is 2. The lowest BCUT2D eigenvalue weighted by atomic mass is 10.2. The lowest BCUT2D eigenvalue weighted by Crippen LogP contribution is -2.04. The predicted octanol–water partition coefficient (Wildman–Crippen LogP) is 4.29. The van der Waals surface area contributed by atoms with Gasteiger partial charge in [0.15, 0.2) is 0 Å². The largest absolute Gasteiger partial charge is 0.481 e. The molecule has 3 heterocycles. The molecule has 4 rings (SSSR count). The minimum Gasteiger partial charge on any atom is -0.481 e. The Labute approximate surface area is 185 Å². The van der Waals surface area contributed by atoms with E-state index in [1.165, 1.54) is 6.07 Å². The second kappa shape index (κ2) is 8.13. The summed E-state index contributed by atoms with van der Waals surface area (Å²) in [5, 5.41) is 8.86. The Morgan fingerprint density at radius 1 is 1.23 bits per heavy atom. The molecular weight excluding hydrogens is 500 g/mol. The average molecular weight is 519 g/mol. The molecule has 0 saturated heterocycles. The van der Waals surface area contributed by atoms with E-state index in [1.807, 2.05) is 40.8 Å². The van der Waals surface area contributed by atoms with Crippen LogP contribution in [-0.2, 0) is 17.8 Å². The van der Waals surface area contributed by atoms with Gasteiger partial charge in [0, 0.05) is 30.1 Å². The summed E-state index contributed by atoms with van der Waals surface area (Å²) in [4.78, 5) is 24.1. The molecule has 1 aromatic carbocycles. The highest BCUT2D eigenvalue weighted by Crippen LogP contribution is 2.30. The summed E-state index contributed by atoms with van der Waals surface area (Å²) < 4.78 is 18.5. The fraction of sp³-hybridized carbons (Fsp3) is 0.238. The molecule has 0 atom stereocenters. The van der Waals surface area contributed by atoms with E-state index in [-0.39, 0.29) is 18.3 Å². The highest BCUT2D eigenvalue weighted by molar-refractivity contribution is 14.1. The average Bonchev–Trinajstić information content (AvgIpc) is 3.26. The number of carbonyl (C=O) groups is 1. The van der Waals surface area contributed by atoms with Gasteiger partial charge in [0.1, 0.15) is 11.6 Å². The molecule has 7 nitrogen and oxygen atoms in total. The summed E-state index contributed by atoms with van der Waals surface area (Å²) >= 11 is 1.99. The fourth-order valence-electron chi connectivity index (χ4n) is 3.39. The number of nitrogens with zero attached hydrogens (tertiary/aromatic N) is 5. The van der Waals surface area contributed by atoms with Crippen molar-refractivity contribution in [3.05, 3.63) is 63.8 Å². The maximum absolute atomic E-state index is 14.0. The fourth-order valence-corrected chi connectivity index (χ4v) is 3.84. The molecule has 30 heavy (non-hydrogen) atoms. The number of hydrogen-bond donors (Lipinski definition) is 1. The SMILES string of the molecule is CC(C)n1c(-c2ccc(Cn3cnc(CC(=O)O)c3)nc2)nc2cc(F)c(I)cc21. The molecule has 0 aliphatic heterocycles. The van der Waals surface area contributed by atoms with Gasteiger partial charge in [0.25, 0.3) is 0 Å². The van der Waals surface area contributed by atoms with Crippen LogP contribution in [0.2, 0.25) is 0 Å². The van der Waals surface area contributed by atoms with Crippen molar-refractivity contribution in [2.75, 3.05) is 0 Å². The van der Waals surface area contributed by atoms with Crippen LogP contribution in [0.3, 0.4) is 0 Å². The Balaban J connectivity index is 1.64. The minimum atomic E-state index is -0.912. The van der Waals surface area contributed by atoms with Crippen LogP contribution in [0.15, 0.2) is 43.0 Å². The van der Waals surface area contributed by atoms with Crippen molar-refractivity contribution in [1.29, 1.82) is 0 Å². The first-order valence-corrected chi connectivity index (χ1v) is 10.4. The topological polar surface area (TPSA) is 85.8 Å². The van der Waals surface area contributed by atoms with E-state index in [9.17, 15) is 9.18 Å². The number of hydrogen-bond acceptors (Lipinski definition) is 4. The molecule has 154 valence electrons. The zero-order valence-corrected chi connectivity index (χ0v) is 18.5. The lowest BCUT2D eigenvalue weighted by molar-refractivity contribution is -0.136. The van der Waals surface area contributed by atoms with Crippen LogP contribution in [0.25, 0.3) is 22.4 Å². The number of pyridine rings is 1. The molecular formula is C21H19FIN5O2. The highest BCUT2D eigenvalue weighted by Gasteiger charge is 2.17. The standard InChI is InChI=1S/C21H19FIN5O2/c1-12(2)28-19-7-17(23)16(22)6-18(19)26-21(28)13-3-4-14(24-8-13)9-27-10-15(25-11-27)5-20(29)30/h3-4,6-8,10-12H,5,9H2,1-2H3,(H,29,30). The zero-order chi connectivity index (χ0) is 21.4. The quantitative estimate of drug-likeness (QED) is 0.384. The summed E-state index contributed by atoms with van der Waals surface area (Å²) in [5.41, 5.74) is 3.66. The van der Waals surface area contributed by atoms with Gasteiger partial charge < -0.3 is 14.2 Å². The first-order valence-electron chi connectivity index (χ1n) is 9.36. The predicted molar refractivity (Wildman–Crippen MR) is 119 cm³/mol. The molecule has 0 aliphatic carbocycles. The number of aliphatic carboxylic acids is 1. The monoisotopic (exact) mass is 519 g/mol. The molecule has 1 N–H and O–H groups in total. The van der Waals surface area contributed by atoms with Crippen molar-refractivity contribution in [3.63, 3.8) is 0 Å². The zero-order valence-electron chi connectivity index (χ0n) is 16.4. The second-order valence-electron chi connectivity index (χ2n) is 7.30. The second-order valence-corrected chi connectivity index (χ2v) is 8.46. The van der Waals surface area contributed by atoms with Gasteiger partial charge in [-0.3, -0.25) is 9.78 Å². The van der Waals surface area contributed by atoms with Gasteiger partial charge in [-0.05, 0) is 54.6 Å². The van der Waals surface area contributed by atoms with Crippen LogP contribution in [0.5, 0.6) is 0 Å². The summed E-state index contributed by atoms with van der Waals surface area (Å²) in [7, 11) is 0. The summed E-state index contributed by atoms with van der Waals surface area (Å²) in [6.45, 7) is 4.61. The van der Waals surface area contributed by atoms with Gasteiger partial charge in [-0.25, -0.2) is 14.4 Å².